The largest absolute Gasteiger partial charge is 0.497 e. The molecule has 6 heteroatoms. The first-order valence-corrected chi connectivity index (χ1v) is 13.8. The molecule has 2 aliphatic carbocycles. The standard InChI is InChI=1S/C29H28ClNO3S/c1-34-24-16-10-22(11-17-24)28-6-3-7-29(28)31-35(32,33)25-18-12-21(13-19-25)27-5-2-4-26(27)20-8-14-23(30)15-9-20/h8-19,31H,2-7H2,1H3. The van der Waals surface area contributed by atoms with E-state index in [1.165, 1.54) is 16.7 Å². The van der Waals surface area contributed by atoms with Gasteiger partial charge in [-0.25, -0.2) is 8.42 Å². The average Bonchev–Trinajstić information content (AvgIpc) is 3.54. The van der Waals surface area contributed by atoms with Gasteiger partial charge in [-0.1, -0.05) is 48.0 Å². The van der Waals surface area contributed by atoms with Gasteiger partial charge in [0.2, 0.25) is 0 Å². The maximum absolute atomic E-state index is 13.2. The van der Waals surface area contributed by atoms with Gasteiger partial charge in [-0.2, -0.15) is 0 Å². The fourth-order valence-electron chi connectivity index (χ4n) is 5.06. The number of sulfonamides is 1. The first-order valence-electron chi connectivity index (χ1n) is 11.9. The lowest BCUT2D eigenvalue weighted by atomic mass is 9.97. The lowest BCUT2D eigenvalue weighted by molar-refractivity contribution is 0.415. The summed E-state index contributed by atoms with van der Waals surface area (Å²) in [5.74, 6) is 0.783. The maximum Gasteiger partial charge on any atom is 0.261 e. The van der Waals surface area contributed by atoms with Gasteiger partial charge in [0.15, 0.2) is 0 Å². The molecule has 180 valence electrons. The zero-order chi connectivity index (χ0) is 24.4. The summed E-state index contributed by atoms with van der Waals surface area (Å²) < 4.78 is 34.6. The zero-order valence-corrected chi connectivity index (χ0v) is 21.3. The molecule has 0 heterocycles. The summed E-state index contributed by atoms with van der Waals surface area (Å²) in [5.41, 5.74) is 7.71. The number of hydrogen-bond acceptors (Lipinski definition) is 3. The van der Waals surface area contributed by atoms with Crippen molar-refractivity contribution in [2.45, 2.75) is 43.4 Å². The normalized spacial score (nSPS) is 16.2. The van der Waals surface area contributed by atoms with E-state index < -0.39 is 10.0 Å². The van der Waals surface area contributed by atoms with Crippen LogP contribution in [0.5, 0.6) is 5.75 Å². The Kier molecular flexibility index (Phi) is 6.72. The van der Waals surface area contributed by atoms with Crippen LogP contribution < -0.4 is 9.46 Å². The number of allylic oxidation sites excluding steroid dienone is 4. The molecular formula is C29H28ClNO3S. The topological polar surface area (TPSA) is 55.4 Å². The number of methoxy groups -OCH3 is 1. The minimum absolute atomic E-state index is 0.279. The minimum atomic E-state index is -3.67. The van der Waals surface area contributed by atoms with E-state index in [0.717, 1.165) is 71.7 Å². The fourth-order valence-corrected chi connectivity index (χ4v) is 6.34. The molecule has 0 bridgehead atoms. The van der Waals surface area contributed by atoms with Crippen molar-refractivity contribution >= 4 is 38.3 Å². The molecule has 0 atom stereocenters. The molecule has 3 aromatic rings. The molecule has 5 rings (SSSR count). The van der Waals surface area contributed by atoms with E-state index >= 15 is 0 Å². The summed E-state index contributed by atoms with van der Waals surface area (Å²) in [7, 11) is -2.04. The van der Waals surface area contributed by atoms with Gasteiger partial charge in [0, 0.05) is 10.7 Å². The smallest absolute Gasteiger partial charge is 0.261 e. The van der Waals surface area contributed by atoms with E-state index in [4.69, 9.17) is 16.3 Å². The van der Waals surface area contributed by atoms with E-state index in [0.29, 0.717) is 0 Å². The number of hydrogen-bond donors (Lipinski definition) is 1. The third-order valence-corrected chi connectivity index (χ3v) is 8.50. The summed E-state index contributed by atoms with van der Waals surface area (Å²) >= 11 is 6.06. The molecule has 0 fully saturated rings. The molecule has 1 N–H and O–H groups in total. The Labute approximate surface area is 212 Å². The molecule has 0 aromatic heterocycles. The molecule has 35 heavy (non-hydrogen) atoms. The van der Waals surface area contributed by atoms with Crippen LogP contribution in [0.4, 0.5) is 0 Å². The predicted octanol–water partition coefficient (Wildman–Crippen LogP) is 7.32. The molecule has 0 radical (unpaired) electrons. The summed E-state index contributed by atoms with van der Waals surface area (Å²) in [6.07, 6.45) is 5.60. The van der Waals surface area contributed by atoms with Crippen LogP contribution in [0.3, 0.4) is 0 Å². The highest BCUT2D eigenvalue weighted by atomic mass is 35.5. The van der Waals surface area contributed by atoms with E-state index in [2.05, 4.69) is 16.9 Å². The second-order valence-electron chi connectivity index (χ2n) is 8.99. The third-order valence-electron chi connectivity index (χ3n) is 6.84. The highest BCUT2D eigenvalue weighted by Crippen LogP contribution is 2.40. The lowest BCUT2D eigenvalue weighted by Gasteiger charge is -2.13. The summed E-state index contributed by atoms with van der Waals surface area (Å²) in [6, 6.07) is 23.0. The summed E-state index contributed by atoms with van der Waals surface area (Å²) in [5, 5.41) is 0.725. The van der Waals surface area contributed by atoms with Crippen LogP contribution in [0.2, 0.25) is 5.02 Å². The van der Waals surface area contributed by atoms with Crippen molar-refractivity contribution in [2.75, 3.05) is 7.11 Å². The molecule has 0 spiro atoms. The van der Waals surface area contributed by atoms with Crippen LogP contribution in [0, 0.1) is 0 Å². The van der Waals surface area contributed by atoms with Crippen LogP contribution in [-0.4, -0.2) is 15.5 Å². The number of halogens is 1. The van der Waals surface area contributed by atoms with Crippen molar-refractivity contribution < 1.29 is 13.2 Å². The van der Waals surface area contributed by atoms with Gasteiger partial charge in [-0.05, 0) is 108 Å². The van der Waals surface area contributed by atoms with E-state index in [1.807, 2.05) is 48.5 Å². The zero-order valence-electron chi connectivity index (χ0n) is 19.7. The molecule has 2 aliphatic rings. The third kappa shape index (κ3) is 5.02. The number of nitrogens with one attached hydrogen (secondary N) is 1. The molecule has 3 aromatic carbocycles. The van der Waals surface area contributed by atoms with E-state index in [1.54, 1.807) is 19.2 Å². The molecule has 0 amide bonds. The lowest BCUT2D eigenvalue weighted by Crippen LogP contribution is -2.23. The minimum Gasteiger partial charge on any atom is -0.497 e. The number of benzene rings is 3. The van der Waals surface area contributed by atoms with Crippen molar-refractivity contribution in [3.8, 4) is 5.75 Å². The monoisotopic (exact) mass is 505 g/mol. The Bertz CT molecular complexity index is 1390. The second kappa shape index (κ2) is 9.92. The summed E-state index contributed by atoms with van der Waals surface area (Å²) in [4.78, 5) is 0.279. The first kappa shape index (κ1) is 23.7. The van der Waals surface area contributed by atoms with Gasteiger partial charge in [-0.3, -0.25) is 4.72 Å². The number of ether oxygens (including phenoxy) is 1. The van der Waals surface area contributed by atoms with Crippen molar-refractivity contribution in [1.82, 2.24) is 4.72 Å². The van der Waals surface area contributed by atoms with Crippen molar-refractivity contribution in [2.24, 2.45) is 0 Å². The Morgan fingerprint density at radius 1 is 0.686 bits per heavy atom. The fraction of sp³-hybridized carbons (Fsp3) is 0.241. The van der Waals surface area contributed by atoms with Gasteiger partial charge >= 0.3 is 0 Å². The van der Waals surface area contributed by atoms with Crippen LogP contribution >= 0.6 is 11.6 Å². The van der Waals surface area contributed by atoms with Gasteiger partial charge in [0.05, 0.1) is 12.0 Å². The number of rotatable bonds is 7. The van der Waals surface area contributed by atoms with Gasteiger partial charge in [0.1, 0.15) is 5.75 Å². The molecular weight excluding hydrogens is 478 g/mol. The Balaban J connectivity index is 1.39. The molecule has 0 aliphatic heterocycles. The maximum atomic E-state index is 13.2. The van der Waals surface area contributed by atoms with Gasteiger partial charge in [0.25, 0.3) is 10.0 Å². The average molecular weight is 506 g/mol. The molecule has 0 saturated heterocycles. The second-order valence-corrected chi connectivity index (χ2v) is 11.1. The quantitative estimate of drug-likeness (QED) is 0.366. The van der Waals surface area contributed by atoms with Gasteiger partial charge < -0.3 is 4.74 Å². The Morgan fingerprint density at radius 3 is 1.77 bits per heavy atom. The van der Waals surface area contributed by atoms with Crippen molar-refractivity contribution in [3.05, 3.63) is 100 Å². The SMILES string of the molecule is COc1ccc(C2=C(NS(=O)(=O)c3ccc(C4=C(c5ccc(Cl)cc5)CCC4)cc3)CCC2)cc1. The van der Waals surface area contributed by atoms with Crippen LogP contribution in [0.25, 0.3) is 16.7 Å². The predicted molar refractivity (Wildman–Crippen MR) is 143 cm³/mol. The molecule has 4 nitrogen and oxygen atoms in total. The summed E-state index contributed by atoms with van der Waals surface area (Å²) in [6.45, 7) is 0. The first-order chi connectivity index (χ1) is 16.9. The highest BCUT2D eigenvalue weighted by Gasteiger charge is 2.23. The van der Waals surface area contributed by atoms with Crippen molar-refractivity contribution in [3.63, 3.8) is 0 Å². The van der Waals surface area contributed by atoms with Crippen molar-refractivity contribution in [1.29, 1.82) is 0 Å². The van der Waals surface area contributed by atoms with Crippen LogP contribution in [0.15, 0.2) is 83.4 Å². The van der Waals surface area contributed by atoms with Gasteiger partial charge in [-0.15, -0.1) is 0 Å². The van der Waals surface area contributed by atoms with Crippen LogP contribution in [0.1, 0.15) is 55.2 Å². The van der Waals surface area contributed by atoms with E-state index in [-0.39, 0.29) is 4.90 Å². The highest BCUT2D eigenvalue weighted by molar-refractivity contribution is 7.89. The van der Waals surface area contributed by atoms with E-state index in [9.17, 15) is 8.42 Å². The Morgan fingerprint density at radius 2 is 1.17 bits per heavy atom. The molecule has 0 unspecified atom stereocenters. The molecule has 0 saturated carbocycles. The Hall–Kier alpha value is -3.02. The van der Waals surface area contributed by atoms with Crippen LogP contribution in [-0.2, 0) is 10.0 Å².